The number of morpholine rings is 1. The highest BCUT2D eigenvalue weighted by Crippen LogP contribution is 2.26. The van der Waals surface area contributed by atoms with E-state index < -0.39 is 0 Å². The Bertz CT molecular complexity index is 1080. The summed E-state index contributed by atoms with van der Waals surface area (Å²) in [4.78, 5) is 11.5. The summed E-state index contributed by atoms with van der Waals surface area (Å²) in [6.45, 7) is 8.16. The molecule has 0 aliphatic carbocycles. The molecule has 3 aromatic rings. The molecule has 0 spiro atoms. The molecule has 0 unspecified atom stereocenters. The van der Waals surface area contributed by atoms with Gasteiger partial charge in [0.25, 0.3) is 0 Å². The Morgan fingerprint density at radius 2 is 1.88 bits per heavy atom. The van der Waals surface area contributed by atoms with Crippen LogP contribution >= 0.6 is 0 Å². The number of benzene rings is 2. The molecule has 1 fully saturated rings. The van der Waals surface area contributed by atoms with Gasteiger partial charge in [0.2, 0.25) is 0 Å². The molecule has 6 heteroatoms. The van der Waals surface area contributed by atoms with Crippen LogP contribution in [-0.2, 0) is 11.2 Å². The van der Waals surface area contributed by atoms with E-state index in [9.17, 15) is 5.26 Å². The number of hydrogen-bond acceptors (Lipinski definition) is 6. The van der Waals surface area contributed by atoms with Crippen molar-refractivity contribution >= 4 is 5.69 Å². The summed E-state index contributed by atoms with van der Waals surface area (Å²) in [6.07, 6.45) is 2.42. The van der Waals surface area contributed by atoms with E-state index in [1.54, 1.807) is 6.20 Å². The number of anilines is 1. The zero-order valence-electron chi connectivity index (χ0n) is 18.6. The standard InChI is InChI=1S/C26H28N4O2/c1-19(2)18-32-25-8-5-21(16-22(25)17-27)24-9-10-28-26(29-24)15-20-3-6-23(7-4-20)30-11-13-31-14-12-30/h3-10,16,19H,11-15,18H2,1-2H3. The Kier molecular flexibility index (Phi) is 6.98. The summed E-state index contributed by atoms with van der Waals surface area (Å²) < 4.78 is 11.2. The first-order valence-electron chi connectivity index (χ1n) is 11.0. The summed E-state index contributed by atoms with van der Waals surface area (Å²) in [6, 6.07) is 18.3. The van der Waals surface area contributed by atoms with Crippen molar-refractivity contribution in [3.63, 3.8) is 0 Å². The van der Waals surface area contributed by atoms with Crippen molar-refractivity contribution < 1.29 is 9.47 Å². The number of aromatic nitrogens is 2. The molecule has 0 radical (unpaired) electrons. The SMILES string of the molecule is CC(C)COc1ccc(-c2ccnc(Cc3ccc(N4CCOCC4)cc3)n2)cc1C#N. The second-order valence-corrected chi connectivity index (χ2v) is 8.33. The van der Waals surface area contributed by atoms with E-state index in [2.05, 4.69) is 54.1 Å². The second kappa shape index (κ2) is 10.3. The molecule has 0 N–H and O–H groups in total. The quantitative estimate of drug-likeness (QED) is 0.553. The van der Waals surface area contributed by atoms with Crippen molar-refractivity contribution in [1.82, 2.24) is 9.97 Å². The molecule has 0 bridgehead atoms. The van der Waals surface area contributed by atoms with Gasteiger partial charge in [-0.15, -0.1) is 0 Å². The number of nitriles is 1. The molecule has 0 saturated carbocycles. The van der Waals surface area contributed by atoms with Crippen molar-refractivity contribution in [1.29, 1.82) is 5.26 Å². The molecule has 1 aliphatic rings. The monoisotopic (exact) mass is 428 g/mol. The molecule has 1 aliphatic heterocycles. The normalized spacial score (nSPS) is 13.8. The van der Waals surface area contributed by atoms with Gasteiger partial charge in [-0.2, -0.15) is 5.26 Å². The number of rotatable bonds is 7. The maximum absolute atomic E-state index is 9.55. The second-order valence-electron chi connectivity index (χ2n) is 8.33. The van der Waals surface area contributed by atoms with Crippen LogP contribution in [-0.4, -0.2) is 42.9 Å². The van der Waals surface area contributed by atoms with Crippen molar-refractivity contribution in [2.24, 2.45) is 5.92 Å². The molecule has 0 atom stereocenters. The molecule has 1 aromatic heterocycles. The van der Waals surface area contributed by atoms with E-state index >= 15 is 0 Å². The zero-order valence-corrected chi connectivity index (χ0v) is 18.6. The smallest absolute Gasteiger partial charge is 0.137 e. The summed E-state index contributed by atoms with van der Waals surface area (Å²) in [5, 5.41) is 9.55. The maximum Gasteiger partial charge on any atom is 0.137 e. The lowest BCUT2D eigenvalue weighted by Crippen LogP contribution is -2.36. The van der Waals surface area contributed by atoms with Crippen LogP contribution in [0.3, 0.4) is 0 Å². The highest BCUT2D eigenvalue weighted by molar-refractivity contribution is 5.64. The average molecular weight is 429 g/mol. The predicted octanol–water partition coefficient (Wildman–Crippen LogP) is 4.48. The third-order valence-corrected chi connectivity index (χ3v) is 5.35. The van der Waals surface area contributed by atoms with Crippen molar-refractivity contribution in [3.05, 3.63) is 71.7 Å². The molecule has 1 saturated heterocycles. The lowest BCUT2D eigenvalue weighted by Gasteiger charge is -2.28. The van der Waals surface area contributed by atoms with E-state index in [-0.39, 0.29) is 0 Å². The molecule has 164 valence electrons. The third-order valence-electron chi connectivity index (χ3n) is 5.35. The first-order chi connectivity index (χ1) is 15.6. The lowest BCUT2D eigenvalue weighted by molar-refractivity contribution is 0.122. The van der Waals surface area contributed by atoms with Crippen LogP contribution < -0.4 is 9.64 Å². The van der Waals surface area contributed by atoms with E-state index in [0.717, 1.165) is 48.9 Å². The van der Waals surface area contributed by atoms with E-state index in [0.29, 0.717) is 30.3 Å². The van der Waals surface area contributed by atoms with Gasteiger partial charge in [0, 0.05) is 37.0 Å². The van der Waals surface area contributed by atoms with Gasteiger partial charge in [0.1, 0.15) is 17.6 Å². The van der Waals surface area contributed by atoms with Crippen LogP contribution in [0.1, 0.15) is 30.8 Å². The lowest BCUT2D eigenvalue weighted by atomic mass is 10.1. The minimum Gasteiger partial charge on any atom is -0.492 e. The summed E-state index contributed by atoms with van der Waals surface area (Å²) >= 11 is 0. The molecule has 0 amide bonds. The Labute approximate surface area is 189 Å². The summed E-state index contributed by atoms with van der Waals surface area (Å²) in [5.74, 6) is 1.76. The van der Waals surface area contributed by atoms with Crippen LogP contribution in [0.25, 0.3) is 11.3 Å². The first-order valence-corrected chi connectivity index (χ1v) is 11.0. The minimum absolute atomic E-state index is 0.397. The molecular weight excluding hydrogens is 400 g/mol. The van der Waals surface area contributed by atoms with Gasteiger partial charge in [0.05, 0.1) is 31.1 Å². The molecule has 6 nitrogen and oxygen atoms in total. The Morgan fingerprint density at radius 3 is 2.59 bits per heavy atom. The fourth-order valence-electron chi connectivity index (χ4n) is 3.63. The highest BCUT2D eigenvalue weighted by Gasteiger charge is 2.12. The van der Waals surface area contributed by atoms with Gasteiger partial charge in [-0.3, -0.25) is 0 Å². The van der Waals surface area contributed by atoms with Gasteiger partial charge in [0.15, 0.2) is 0 Å². The molecule has 2 aromatic carbocycles. The van der Waals surface area contributed by atoms with Crippen molar-refractivity contribution in [2.45, 2.75) is 20.3 Å². The van der Waals surface area contributed by atoms with Crippen LogP contribution in [0.15, 0.2) is 54.7 Å². The van der Waals surface area contributed by atoms with Crippen LogP contribution in [0, 0.1) is 17.2 Å². The van der Waals surface area contributed by atoms with Crippen LogP contribution in [0.2, 0.25) is 0 Å². The van der Waals surface area contributed by atoms with Gasteiger partial charge in [-0.1, -0.05) is 26.0 Å². The van der Waals surface area contributed by atoms with Crippen LogP contribution in [0.5, 0.6) is 5.75 Å². The summed E-state index contributed by atoms with van der Waals surface area (Å²) in [5.41, 5.74) is 4.57. The average Bonchev–Trinajstić information content (AvgIpc) is 2.84. The first kappa shape index (κ1) is 21.8. The topological polar surface area (TPSA) is 71.3 Å². The van der Waals surface area contributed by atoms with Gasteiger partial charge in [-0.05, 0) is 47.9 Å². The van der Waals surface area contributed by atoms with Gasteiger partial charge >= 0.3 is 0 Å². The van der Waals surface area contributed by atoms with Crippen molar-refractivity contribution in [2.75, 3.05) is 37.8 Å². The predicted molar refractivity (Wildman–Crippen MR) is 125 cm³/mol. The Balaban J connectivity index is 1.48. The molecule has 32 heavy (non-hydrogen) atoms. The Hall–Kier alpha value is -3.43. The molecule has 2 heterocycles. The third kappa shape index (κ3) is 5.43. The Morgan fingerprint density at radius 1 is 1.09 bits per heavy atom. The highest BCUT2D eigenvalue weighted by atomic mass is 16.5. The maximum atomic E-state index is 9.55. The van der Waals surface area contributed by atoms with Gasteiger partial charge in [-0.25, -0.2) is 9.97 Å². The van der Waals surface area contributed by atoms with Crippen LogP contribution in [0.4, 0.5) is 5.69 Å². The zero-order chi connectivity index (χ0) is 22.3. The number of hydrogen-bond donors (Lipinski definition) is 0. The molecule has 4 rings (SSSR count). The van der Waals surface area contributed by atoms with E-state index in [1.807, 2.05) is 24.3 Å². The number of ether oxygens (including phenoxy) is 2. The van der Waals surface area contributed by atoms with E-state index in [4.69, 9.17) is 14.5 Å². The van der Waals surface area contributed by atoms with Gasteiger partial charge < -0.3 is 14.4 Å². The summed E-state index contributed by atoms with van der Waals surface area (Å²) in [7, 11) is 0. The fourth-order valence-corrected chi connectivity index (χ4v) is 3.63. The minimum atomic E-state index is 0.397. The van der Waals surface area contributed by atoms with E-state index in [1.165, 1.54) is 5.69 Å². The molecular formula is C26H28N4O2. The van der Waals surface area contributed by atoms with Crippen molar-refractivity contribution in [3.8, 4) is 23.1 Å². The largest absolute Gasteiger partial charge is 0.492 e. The number of nitrogens with zero attached hydrogens (tertiary/aromatic N) is 4. The fraction of sp³-hybridized carbons (Fsp3) is 0.346.